The van der Waals surface area contributed by atoms with Gasteiger partial charge in [-0.2, -0.15) is 0 Å². The first-order chi connectivity index (χ1) is 12.3. The monoisotopic (exact) mass is 334 g/mol. The quantitative estimate of drug-likeness (QED) is 0.928. The van der Waals surface area contributed by atoms with E-state index < -0.39 is 6.10 Å². The lowest BCUT2D eigenvalue weighted by Crippen LogP contribution is -2.43. The number of benzene rings is 2. The fourth-order valence-corrected chi connectivity index (χ4v) is 3.76. The summed E-state index contributed by atoms with van der Waals surface area (Å²) in [6.45, 7) is 0. The van der Waals surface area contributed by atoms with Gasteiger partial charge in [-0.3, -0.25) is 4.79 Å². The lowest BCUT2D eigenvalue weighted by Gasteiger charge is -2.21. The first-order valence-electron chi connectivity index (χ1n) is 8.97. The summed E-state index contributed by atoms with van der Waals surface area (Å²) in [6.07, 6.45) is 3.87. The molecule has 0 saturated heterocycles. The third kappa shape index (κ3) is 3.29. The van der Waals surface area contributed by atoms with Gasteiger partial charge in [0.2, 0.25) is 6.10 Å². The molecular formula is C21H22N2O2. The minimum absolute atomic E-state index is 0.0598. The SMILES string of the molecule is O=C(NC1CCCC1)[C@H]1ON=C(c2ccccc2)[C@@H]1c1ccccc1. The Kier molecular flexibility index (Phi) is 4.51. The fraction of sp³-hybridized carbons (Fsp3) is 0.333. The van der Waals surface area contributed by atoms with Crippen molar-refractivity contribution in [2.24, 2.45) is 5.16 Å². The Morgan fingerprint density at radius 3 is 2.28 bits per heavy atom. The minimum Gasteiger partial charge on any atom is -0.381 e. The van der Waals surface area contributed by atoms with Gasteiger partial charge in [0, 0.05) is 11.6 Å². The van der Waals surface area contributed by atoms with Crippen LogP contribution in [0.25, 0.3) is 0 Å². The first-order valence-corrected chi connectivity index (χ1v) is 8.97. The van der Waals surface area contributed by atoms with Gasteiger partial charge in [0.1, 0.15) is 0 Å². The molecule has 2 aromatic carbocycles. The van der Waals surface area contributed by atoms with Gasteiger partial charge in [-0.1, -0.05) is 78.7 Å². The van der Waals surface area contributed by atoms with Crippen LogP contribution in [0.1, 0.15) is 42.7 Å². The Balaban J connectivity index is 1.62. The van der Waals surface area contributed by atoms with E-state index >= 15 is 0 Å². The molecule has 1 saturated carbocycles. The standard InChI is InChI=1S/C21H22N2O2/c24-21(22-17-13-7-8-14-17)20-18(15-9-3-1-4-10-15)19(23-25-20)16-11-5-2-6-12-16/h1-6,9-12,17-18,20H,7-8,13-14H2,(H,22,24)/t18-,20-/m0/s1. The number of nitrogens with zero attached hydrogens (tertiary/aromatic N) is 1. The van der Waals surface area contributed by atoms with Crippen LogP contribution in [0.4, 0.5) is 0 Å². The average Bonchev–Trinajstić information content (AvgIpc) is 3.32. The van der Waals surface area contributed by atoms with Crippen LogP contribution in [0.2, 0.25) is 0 Å². The van der Waals surface area contributed by atoms with Gasteiger partial charge in [-0.05, 0) is 18.4 Å². The largest absolute Gasteiger partial charge is 0.381 e. The highest BCUT2D eigenvalue weighted by Gasteiger charge is 2.41. The molecule has 1 fully saturated rings. The zero-order valence-electron chi connectivity index (χ0n) is 14.1. The number of amides is 1. The zero-order valence-corrected chi connectivity index (χ0v) is 14.1. The lowest BCUT2D eigenvalue weighted by atomic mass is 9.85. The Morgan fingerprint density at radius 2 is 1.60 bits per heavy atom. The van der Waals surface area contributed by atoms with Crippen molar-refractivity contribution in [3.05, 3.63) is 71.8 Å². The second kappa shape index (κ2) is 7.09. The Morgan fingerprint density at radius 1 is 0.960 bits per heavy atom. The van der Waals surface area contributed by atoms with Crippen LogP contribution in [0.3, 0.4) is 0 Å². The van der Waals surface area contributed by atoms with Crippen LogP contribution in [0.15, 0.2) is 65.8 Å². The molecule has 25 heavy (non-hydrogen) atoms. The van der Waals surface area contributed by atoms with E-state index in [4.69, 9.17) is 4.84 Å². The summed E-state index contributed by atoms with van der Waals surface area (Å²) < 4.78 is 0. The molecule has 0 unspecified atom stereocenters. The van der Waals surface area contributed by atoms with E-state index in [0.717, 1.165) is 29.7 Å². The third-order valence-electron chi connectivity index (χ3n) is 5.05. The molecule has 1 aliphatic heterocycles. The summed E-state index contributed by atoms with van der Waals surface area (Å²) >= 11 is 0. The number of oxime groups is 1. The number of hydrogen-bond acceptors (Lipinski definition) is 3. The predicted octanol–water partition coefficient (Wildman–Crippen LogP) is 3.63. The van der Waals surface area contributed by atoms with Crippen molar-refractivity contribution in [2.45, 2.75) is 43.7 Å². The highest BCUT2D eigenvalue weighted by Crippen LogP contribution is 2.33. The van der Waals surface area contributed by atoms with Crippen molar-refractivity contribution in [1.82, 2.24) is 5.32 Å². The van der Waals surface area contributed by atoms with Gasteiger partial charge < -0.3 is 10.2 Å². The normalized spacial score (nSPS) is 23.1. The summed E-state index contributed by atoms with van der Waals surface area (Å²) in [5, 5.41) is 7.45. The van der Waals surface area contributed by atoms with Crippen molar-refractivity contribution in [2.75, 3.05) is 0 Å². The van der Waals surface area contributed by atoms with E-state index in [9.17, 15) is 4.79 Å². The van der Waals surface area contributed by atoms with Crippen LogP contribution >= 0.6 is 0 Å². The molecule has 1 aliphatic carbocycles. The summed E-state index contributed by atoms with van der Waals surface area (Å²) in [6, 6.07) is 20.2. The maximum atomic E-state index is 12.9. The van der Waals surface area contributed by atoms with E-state index in [1.807, 2.05) is 60.7 Å². The summed E-state index contributed by atoms with van der Waals surface area (Å²) in [5.74, 6) is -0.250. The molecule has 4 heteroatoms. The highest BCUT2D eigenvalue weighted by molar-refractivity contribution is 6.09. The van der Waals surface area contributed by atoms with E-state index in [0.29, 0.717) is 0 Å². The Labute approximate surface area is 147 Å². The smallest absolute Gasteiger partial charge is 0.265 e. The van der Waals surface area contributed by atoms with Gasteiger partial charge >= 0.3 is 0 Å². The molecule has 0 aromatic heterocycles. The lowest BCUT2D eigenvalue weighted by molar-refractivity contribution is -0.132. The van der Waals surface area contributed by atoms with Crippen LogP contribution in [0, 0.1) is 0 Å². The van der Waals surface area contributed by atoms with Crippen molar-refractivity contribution >= 4 is 11.6 Å². The second-order valence-corrected chi connectivity index (χ2v) is 6.75. The zero-order chi connectivity index (χ0) is 17.1. The number of carbonyl (C=O) groups is 1. The molecule has 2 atom stereocenters. The Hall–Kier alpha value is -2.62. The Bertz CT molecular complexity index is 752. The second-order valence-electron chi connectivity index (χ2n) is 6.75. The van der Waals surface area contributed by atoms with Gasteiger partial charge in [0.05, 0.1) is 11.6 Å². The minimum atomic E-state index is -0.613. The molecule has 0 spiro atoms. The van der Waals surface area contributed by atoms with Gasteiger partial charge in [0.25, 0.3) is 5.91 Å². The van der Waals surface area contributed by atoms with Gasteiger partial charge in [-0.25, -0.2) is 0 Å². The molecule has 4 nitrogen and oxygen atoms in total. The average molecular weight is 334 g/mol. The predicted molar refractivity (Wildman–Crippen MR) is 97.4 cm³/mol. The topological polar surface area (TPSA) is 50.7 Å². The third-order valence-corrected chi connectivity index (χ3v) is 5.05. The van der Waals surface area contributed by atoms with Gasteiger partial charge in [-0.15, -0.1) is 0 Å². The molecule has 1 N–H and O–H groups in total. The summed E-state index contributed by atoms with van der Waals surface area (Å²) in [4.78, 5) is 18.5. The van der Waals surface area contributed by atoms with Crippen molar-refractivity contribution < 1.29 is 9.63 Å². The molecule has 2 aromatic rings. The molecule has 2 aliphatic rings. The van der Waals surface area contributed by atoms with E-state index in [-0.39, 0.29) is 17.9 Å². The molecule has 4 rings (SSSR count). The van der Waals surface area contributed by atoms with Crippen LogP contribution in [-0.2, 0) is 9.63 Å². The maximum absolute atomic E-state index is 12.9. The number of hydrogen-bond donors (Lipinski definition) is 1. The van der Waals surface area contributed by atoms with Crippen LogP contribution < -0.4 is 5.32 Å². The highest BCUT2D eigenvalue weighted by atomic mass is 16.6. The van der Waals surface area contributed by atoms with Gasteiger partial charge in [0.15, 0.2) is 0 Å². The van der Waals surface area contributed by atoms with E-state index in [1.54, 1.807) is 0 Å². The van der Waals surface area contributed by atoms with Crippen LogP contribution in [-0.4, -0.2) is 23.8 Å². The molecule has 128 valence electrons. The fourth-order valence-electron chi connectivity index (χ4n) is 3.76. The molecule has 0 radical (unpaired) electrons. The molecule has 1 heterocycles. The number of carbonyl (C=O) groups excluding carboxylic acids is 1. The molecular weight excluding hydrogens is 312 g/mol. The van der Waals surface area contributed by atoms with E-state index in [2.05, 4.69) is 10.5 Å². The van der Waals surface area contributed by atoms with Crippen molar-refractivity contribution in [3.63, 3.8) is 0 Å². The molecule has 0 bridgehead atoms. The van der Waals surface area contributed by atoms with Crippen molar-refractivity contribution in [1.29, 1.82) is 0 Å². The maximum Gasteiger partial charge on any atom is 0.265 e. The summed E-state index contributed by atoms with van der Waals surface area (Å²) in [5.41, 5.74) is 2.86. The summed E-state index contributed by atoms with van der Waals surface area (Å²) in [7, 11) is 0. The van der Waals surface area contributed by atoms with Crippen LogP contribution in [0.5, 0.6) is 0 Å². The molecule has 1 amide bonds. The number of nitrogens with one attached hydrogen (secondary N) is 1. The van der Waals surface area contributed by atoms with Crippen molar-refractivity contribution in [3.8, 4) is 0 Å². The van der Waals surface area contributed by atoms with E-state index in [1.165, 1.54) is 12.8 Å². The first kappa shape index (κ1) is 15.9. The number of rotatable bonds is 4.